The molecule has 112 valence electrons. The van der Waals surface area contributed by atoms with Crippen molar-refractivity contribution in [1.82, 2.24) is 16.0 Å². The summed E-state index contributed by atoms with van der Waals surface area (Å²) < 4.78 is 0. The molecule has 20 heavy (non-hydrogen) atoms. The summed E-state index contributed by atoms with van der Waals surface area (Å²) in [6.45, 7) is 9.05. The van der Waals surface area contributed by atoms with E-state index in [2.05, 4.69) is 16.0 Å². The van der Waals surface area contributed by atoms with Crippen LogP contribution in [0.5, 0.6) is 0 Å². The fourth-order valence-corrected chi connectivity index (χ4v) is 2.07. The van der Waals surface area contributed by atoms with Gasteiger partial charge in [-0.25, -0.2) is 0 Å². The molecule has 0 atom stereocenters. The van der Waals surface area contributed by atoms with E-state index in [9.17, 15) is 9.59 Å². The summed E-state index contributed by atoms with van der Waals surface area (Å²) in [5.74, 6) is -0.185. The highest BCUT2D eigenvalue weighted by atomic mass is 16.2. The van der Waals surface area contributed by atoms with E-state index in [1.165, 1.54) is 0 Å². The van der Waals surface area contributed by atoms with Gasteiger partial charge in [0.15, 0.2) is 0 Å². The van der Waals surface area contributed by atoms with Crippen LogP contribution in [0.3, 0.4) is 0 Å². The Hall–Kier alpha value is -1.78. The second-order valence-electron chi connectivity index (χ2n) is 5.02. The van der Waals surface area contributed by atoms with Crippen molar-refractivity contribution in [2.75, 3.05) is 13.1 Å². The first-order chi connectivity index (χ1) is 9.51. The summed E-state index contributed by atoms with van der Waals surface area (Å²) in [6.07, 6.45) is 2.17. The first-order valence-corrected chi connectivity index (χ1v) is 7.24. The molecule has 0 aliphatic carbocycles. The second kappa shape index (κ2) is 7.72. The molecule has 1 heterocycles. The Balaban J connectivity index is 2.79. The van der Waals surface area contributed by atoms with E-state index in [1.54, 1.807) is 0 Å². The van der Waals surface area contributed by atoms with Crippen LogP contribution < -0.4 is 16.0 Å². The number of hydrogen-bond donors (Lipinski definition) is 3. The fourth-order valence-electron chi connectivity index (χ4n) is 2.07. The van der Waals surface area contributed by atoms with Crippen LogP contribution in [0.4, 0.5) is 0 Å². The number of nitrogens with one attached hydrogen (secondary N) is 3. The summed E-state index contributed by atoms with van der Waals surface area (Å²) in [6, 6.07) is 0. The molecule has 2 amide bonds. The lowest BCUT2D eigenvalue weighted by Gasteiger charge is -2.23. The first-order valence-electron chi connectivity index (χ1n) is 7.24. The summed E-state index contributed by atoms with van der Waals surface area (Å²) in [5.41, 5.74) is 2.93. The molecular weight excluding hydrogens is 254 g/mol. The third-order valence-corrected chi connectivity index (χ3v) is 3.25. The van der Waals surface area contributed by atoms with Gasteiger partial charge in [0.1, 0.15) is 0 Å². The zero-order valence-electron chi connectivity index (χ0n) is 12.9. The summed E-state index contributed by atoms with van der Waals surface area (Å²) in [4.78, 5) is 24.2. The van der Waals surface area contributed by atoms with Gasteiger partial charge in [0.05, 0.1) is 0 Å². The number of hydrogen-bond acceptors (Lipinski definition) is 3. The number of amides is 2. The largest absolute Gasteiger partial charge is 0.362 e. The van der Waals surface area contributed by atoms with Crippen molar-refractivity contribution in [3.05, 3.63) is 22.5 Å². The van der Waals surface area contributed by atoms with Gasteiger partial charge in [-0.15, -0.1) is 0 Å². The Bertz CT molecular complexity index is 410. The Morgan fingerprint density at radius 2 is 1.35 bits per heavy atom. The van der Waals surface area contributed by atoms with Crippen molar-refractivity contribution < 1.29 is 9.59 Å². The zero-order valence-corrected chi connectivity index (χ0v) is 12.9. The van der Waals surface area contributed by atoms with Crippen molar-refractivity contribution in [2.45, 2.75) is 47.0 Å². The molecule has 0 bridgehead atoms. The second-order valence-corrected chi connectivity index (χ2v) is 5.02. The van der Waals surface area contributed by atoms with E-state index in [1.807, 2.05) is 27.7 Å². The molecule has 5 nitrogen and oxygen atoms in total. The Morgan fingerprint density at radius 3 is 1.70 bits per heavy atom. The molecule has 1 aliphatic rings. The molecule has 0 spiro atoms. The normalized spacial score (nSPS) is 15.0. The van der Waals surface area contributed by atoms with Crippen LogP contribution in [0, 0.1) is 0 Å². The maximum atomic E-state index is 12.1. The molecule has 0 aromatic rings. The highest BCUT2D eigenvalue weighted by Gasteiger charge is 2.24. The lowest BCUT2D eigenvalue weighted by Crippen LogP contribution is -2.35. The van der Waals surface area contributed by atoms with Crippen molar-refractivity contribution in [1.29, 1.82) is 0 Å². The predicted octanol–water partition coefficient (Wildman–Crippen LogP) is 1.58. The van der Waals surface area contributed by atoms with Crippen molar-refractivity contribution in [3.63, 3.8) is 0 Å². The molecule has 0 fully saturated rings. The number of carbonyl (C=O) groups excluding carboxylic acids is 2. The standard InChI is InChI=1S/C15H25N3O2/c1-5-7-16-14(19)12-9-13(11(4)18-10(12)3)15(20)17-8-6-2/h18H,5-9H2,1-4H3,(H,16,19)(H,17,20). The monoisotopic (exact) mass is 279 g/mol. The Kier molecular flexibility index (Phi) is 6.28. The van der Waals surface area contributed by atoms with Gasteiger partial charge in [0.25, 0.3) is 0 Å². The maximum absolute atomic E-state index is 12.1. The van der Waals surface area contributed by atoms with E-state index in [-0.39, 0.29) is 11.8 Å². The topological polar surface area (TPSA) is 70.2 Å². The molecule has 0 saturated heterocycles. The molecular formula is C15H25N3O2. The number of allylic oxidation sites excluding steroid dienone is 2. The Morgan fingerprint density at radius 1 is 0.950 bits per heavy atom. The van der Waals surface area contributed by atoms with Crippen LogP contribution in [0.2, 0.25) is 0 Å². The number of rotatable bonds is 6. The van der Waals surface area contributed by atoms with Crippen molar-refractivity contribution >= 4 is 11.8 Å². The summed E-state index contributed by atoms with van der Waals surface area (Å²) in [7, 11) is 0. The Labute approximate surface area is 120 Å². The third-order valence-electron chi connectivity index (χ3n) is 3.25. The lowest BCUT2D eigenvalue weighted by molar-refractivity contribution is -0.118. The van der Waals surface area contributed by atoms with Crippen molar-refractivity contribution in [3.8, 4) is 0 Å². The molecule has 0 radical (unpaired) electrons. The highest BCUT2D eigenvalue weighted by molar-refractivity contribution is 6.00. The van der Waals surface area contributed by atoms with Gasteiger partial charge in [-0.05, 0) is 26.7 Å². The van der Waals surface area contributed by atoms with Crippen LogP contribution in [0.25, 0.3) is 0 Å². The van der Waals surface area contributed by atoms with Gasteiger partial charge in [0, 0.05) is 42.1 Å². The minimum atomic E-state index is -0.0925. The molecule has 0 aromatic heterocycles. The minimum Gasteiger partial charge on any atom is -0.362 e. The van der Waals surface area contributed by atoms with Crippen molar-refractivity contribution in [2.24, 2.45) is 0 Å². The van der Waals surface area contributed by atoms with E-state index >= 15 is 0 Å². The van der Waals surface area contributed by atoms with Crippen LogP contribution in [0.1, 0.15) is 47.0 Å². The molecule has 5 heteroatoms. The van der Waals surface area contributed by atoms with E-state index in [0.717, 1.165) is 24.2 Å². The average molecular weight is 279 g/mol. The lowest BCUT2D eigenvalue weighted by atomic mass is 9.96. The molecule has 1 aliphatic heterocycles. The third kappa shape index (κ3) is 4.11. The molecule has 1 rings (SSSR count). The van der Waals surface area contributed by atoms with E-state index in [0.29, 0.717) is 30.7 Å². The van der Waals surface area contributed by atoms with Crippen LogP contribution >= 0.6 is 0 Å². The first kappa shape index (κ1) is 16.3. The predicted molar refractivity (Wildman–Crippen MR) is 79.8 cm³/mol. The van der Waals surface area contributed by atoms with Gasteiger partial charge in [0.2, 0.25) is 11.8 Å². The minimum absolute atomic E-state index is 0.0925. The number of dihydropyridines is 1. The van der Waals surface area contributed by atoms with Crippen LogP contribution in [-0.4, -0.2) is 24.9 Å². The maximum Gasteiger partial charge on any atom is 0.249 e. The highest BCUT2D eigenvalue weighted by Crippen LogP contribution is 2.23. The summed E-state index contributed by atoms with van der Waals surface area (Å²) in [5, 5.41) is 8.85. The van der Waals surface area contributed by atoms with E-state index < -0.39 is 0 Å². The summed E-state index contributed by atoms with van der Waals surface area (Å²) >= 11 is 0. The van der Waals surface area contributed by atoms with Gasteiger partial charge >= 0.3 is 0 Å². The molecule has 0 saturated carbocycles. The zero-order chi connectivity index (χ0) is 15.1. The average Bonchev–Trinajstić information content (AvgIpc) is 2.42. The smallest absolute Gasteiger partial charge is 0.249 e. The van der Waals surface area contributed by atoms with E-state index in [4.69, 9.17) is 0 Å². The fraction of sp³-hybridized carbons (Fsp3) is 0.600. The van der Waals surface area contributed by atoms with Gasteiger partial charge in [-0.2, -0.15) is 0 Å². The molecule has 3 N–H and O–H groups in total. The molecule has 0 unspecified atom stereocenters. The van der Waals surface area contributed by atoms with Crippen LogP contribution in [0.15, 0.2) is 22.5 Å². The van der Waals surface area contributed by atoms with Gasteiger partial charge in [-0.3, -0.25) is 9.59 Å². The van der Waals surface area contributed by atoms with Gasteiger partial charge in [-0.1, -0.05) is 13.8 Å². The SMILES string of the molecule is CCCNC(=O)C1=C(C)NC(C)=C(C(=O)NCCC)C1. The molecule has 0 aromatic carbocycles. The quantitative estimate of drug-likeness (QED) is 0.691. The van der Waals surface area contributed by atoms with Crippen LogP contribution in [-0.2, 0) is 9.59 Å². The van der Waals surface area contributed by atoms with Gasteiger partial charge < -0.3 is 16.0 Å². The number of carbonyl (C=O) groups is 2.